The predicted molar refractivity (Wildman–Crippen MR) is 89.6 cm³/mol. The number of aryl methyl sites for hydroxylation is 2. The van der Waals surface area contributed by atoms with Gasteiger partial charge in [-0.25, -0.2) is 0 Å². The first-order valence-electron chi connectivity index (χ1n) is 7.61. The third-order valence-corrected chi connectivity index (χ3v) is 4.85. The molecule has 2 aromatic rings. The van der Waals surface area contributed by atoms with E-state index >= 15 is 0 Å². The molecule has 0 amide bonds. The zero-order valence-electron chi connectivity index (χ0n) is 12.6. The molecule has 0 aliphatic heterocycles. The van der Waals surface area contributed by atoms with Crippen molar-refractivity contribution in [2.75, 3.05) is 6.54 Å². The number of halogens is 1. The molecule has 1 aromatic heterocycles. The van der Waals surface area contributed by atoms with E-state index in [-0.39, 0.29) is 0 Å². The van der Waals surface area contributed by atoms with E-state index in [1.165, 1.54) is 28.6 Å². The Hall–Kier alpha value is -1.13. The van der Waals surface area contributed by atoms with Crippen LogP contribution in [0.25, 0.3) is 0 Å². The Labute approximate surface area is 134 Å². The molecule has 3 rings (SSSR count). The van der Waals surface area contributed by atoms with Crippen LogP contribution in [0.4, 0.5) is 0 Å². The van der Waals surface area contributed by atoms with E-state index in [0.29, 0.717) is 5.92 Å². The molecule has 0 bridgehead atoms. The van der Waals surface area contributed by atoms with Gasteiger partial charge < -0.3 is 5.32 Å². The van der Waals surface area contributed by atoms with E-state index in [1.807, 2.05) is 11.7 Å². The second-order valence-corrected chi connectivity index (χ2v) is 6.86. The van der Waals surface area contributed by atoms with Crippen LogP contribution in [-0.2, 0) is 13.5 Å². The number of hydrogen-bond acceptors (Lipinski definition) is 2. The average Bonchev–Trinajstić information content (AvgIpc) is 3.21. The van der Waals surface area contributed by atoms with Crippen molar-refractivity contribution in [3.63, 3.8) is 0 Å². The summed E-state index contributed by atoms with van der Waals surface area (Å²) in [6.07, 6.45) is 3.67. The van der Waals surface area contributed by atoms with Crippen LogP contribution in [0, 0.1) is 6.92 Å². The van der Waals surface area contributed by atoms with Crippen molar-refractivity contribution in [3.05, 3.63) is 51.8 Å². The van der Waals surface area contributed by atoms with Crippen LogP contribution >= 0.6 is 15.9 Å². The van der Waals surface area contributed by atoms with Crippen molar-refractivity contribution < 1.29 is 0 Å². The van der Waals surface area contributed by atoms with E-state index in [4.69, 9.17) is 0 Å². The normalized spacial score (nSPS) is 16.1. The fourth-order valence-electron chi connectivity index (χ4n) is 2.80. The second-order valence-electron chi connectivity index (χ2n) is 6.01. The molecule has 0 radical (unpaired) electrons. The number of rotatable bonds is 6. The van der Waals surface area contributed by atoms with Gasteiger partial charge in [-0.3, -0.25) is 4.68 Å². The van der Waals surface area contributed by atoms with Gasteiger partial charge in [0.1, 0.15) is 0 Å². The van der Waals surface area contributed by atoms with Gasteiger partial charge in [-0.05, 0) is 43.9 Å². The minimum Gasteiger partial charge on any atom is -0.313 e. The SMILES string of the molecule is Cc1cc(CC(CNC2CC2)c2ccccc2Br)n(C)n1. The Morgan fingerprint density at radius 3 is 2.76 bits per heavy atom. The lowest BCUT2D eigenvalue weighted by molar-refractivity contribution is 0.556. The maximum absolute atomic E-state index is 4.47. The molecule has 1 aromatic carbocycles. The van der Waals surface area contributed by atoms with Gasteiger partial charge in [0.15, 0.2) is 0 Å². The van der Waals surface area contributed by atoms with Crippen LogP contribution in [0.1, 0.15) is 35.7 Å². The van der Waals surface area contributed by atoms with E-state index < -0.39 is 0 Å². The van der Waals surface area contributed by atoms with Gasteiger partial charge in [0.2, 0.25) is 0 Å². The molecule has 1 aliphatic rings. The first kappa shape index (κ1) is 14.8. The van der Waals surface area contributed by atoms with Crippen LogP contribution in [0.2, 0.25) is 0 Å². The van der Waals surface area contributed by atoms with Crippen LogP contribution in [0.3, 0.4) is 0 Å². The maximum Gasteiger partial charge on any atom is 0.0596 e. The van der Waals surface area contributed by atoms with Gasteiger partial charge in [0, 0.05) is 35.7 Å². The summed E-state index contributed by atoms with van der Waals surface area (Å²) in [6.45, 7) is 3.08. The quantitative estimate of drug-likeness (QED) is 0.865. The maximum atomic E-state index is 4.47. The molecule has 4 heteroatoms. The number of nitrogens with one attached hydrogen (secondary N) is 1. The summed E-state index contributed by atoms with van der Waals surface area (Å²) in [5.74, 6) is 0.468. The van der Waals surface area contributed by atoms with Gasteiger partial charge >= 0.3 is 0 Å². The minimum atomic E-state index is 0.468. The zero-order chi connectivity index (χ0) is 14.8. The molecule has 1 unspecified atom stereocenters. The van der Waals surface area contributed by atoms with Crippen molar-refractivity contribution in [1.29, 1.82) is 0 Å². The molecule has 3 nitrogen and oxygen atoms in total. The first-order chi connectivity index (χ1) is 10.1. The van der Waals surface area contributed by atoms with Crippen LogP contribution in [-0.4, -0.2) is 22.4 Å². The van der Waals surface area contributed by atoms with E-state index in [1.54, 1.807) is 0 Å². The fraction of sp³-hybridized carbons (Fsp3) is 0.471. The molecule has 1 N–H and O–H groups in total. The lowest BCUT2D eigenvalue weighted by Crippen LogP contribution is -2.25. The number of benzene rings is 1. The average molecular weight is 348 g/mol. The van der Waals surface area contributed by atoms with Crippen molar-refractivity contribution in [2.24, 2.45) is 7.05 Å². The van der Waals surface area contributed by atoms with Crippen molar-refractivity contribution >= 4 is 15.9 Å². The van der Waals surface area contributed by atoms with Crippen molar-refractivity contribution in [1.82, 2.24) is 15.1 Å². The number of aromatic nitrogens is 2. The highest BCUT2D eigenvalue weighted by Crippen LogP contribution is 2.29. The summed E-state index contributed by atoms with van der Waals surface area (Å²) in [6, 6.07) is 11.5. The van der Waals surface area contributed by atoms with Crippen molar-refractivity contribution in [2.45, 2.75) is 38.1 Å². The highest BCUT2D eigenvalue weighted by Gasteiger charge is 2.24. The van der Waals surface area contributed by atoms with Gasteiger partial charge in [0.25, 0.3) is 0 Å². The molecule has 1 aliphatic carbocycles. The lowest BCUT2D eigenvalue weighted by Gasteiger charge is -2.19. The first-order valence-corrected chi connectivity index (χ1v) is 8.40. The molecule has 1 atom stereocenters. The molecule has 1 fully saturated rings. The number of nitrogens with zero attached hydrogens (tertiary/aromatic N) is 2. The molecule has 0 spiro atoms. The Morgan fingerprint density at radius 1 is 1.38 bits per heavy atom. The summed E-state index contributed by atoms with van der Waals surface area (Å²) >= 11 is 3.71. The molecule has 1 heterocycles. The second kappa shape index (κ2) is 6.32. The van der Waals surface area contributed by atoms with Crippen LogP contribution in [0.15, 0.2) is 34.8 Å². The van der Waals surface area contributed by atoms with Crippen LogP contribution in [0.5, 0.6) is 0 Å². The Kier molecular flexibility index (Phi) is 4.45. The highest BCUT2D eigenvalue weighted by atomic mass is 79.9. The molecule has 112 valence electrons. The molecule has 0 saturated heterocycles. The van der Waals surface area contributed by atoms with Crippen LogP contribution < -0.4 is 5.32 Å². The molecule has 21 heavy (non-hydrogen) atoms. The van der Waals surface area contributed by atoms with Gasteiger partial charge in [0.05, 0.1) is 5.69 Å². The fourth-order valence-corrected chi connectivity index (χ4v) is 3.41. The summed E-state index contributed by atoms with van der Waals surface area (Å²) in [7, 11) is 2.04. The van der Waals surface area contributed by atoms with Crippen molar-refractivity contribution in [3.8, 4) is 0 Å². The number of hydrogen-bond donors (Lipinski definition) is 1. The summed E-state index contributed by atoms with van der Waals surface area (Å²) < 4.78 is 3.21. The highest BCUT2D eigenvalue weighted by molar-refractivity contribution is 9.10. The Balaban J connectivity index is 1.81. The third-order valence-electron chi connectivity index (χ3n) is 4.13. The third kappa shape index (κ3) is 3.74. The van der Waals surface area contributed by atoms with E-state index in [9.17, 15) is 0 Å². The summed E-state index contributed by atoms with van der Waals surface area (Å²) in [4.78, 5) is 0. The minimum absolute atomic E-state index is 0.468. The molecular weight excluding hydrogens is 326 g/mol. The predicted octanol–water partition coefficient (Wildman–Crippen LogP) is 3.57. The zero-order valence-corrected chi connectivity index (χ0v) is 14.2. The monoisotopic (exact) mass is 347 g/mol. The largest absolute Gasteiger partial charge is 0.313 e. The standard InChI is InChI=1S/C17H22BrN3/c1-12-9-15(21(2)20-12)10-13(11-19-14-7-8-14)16-5-3-4-6-17(16)18/h3-6,9,13-14,19H,7-8,10-11H2,1-2H3. The molecular formula is C17H22BrN3. The summed E-state index contributed by atoms with van der Waals surface area (Å²) in [5, 5.41) is 8.15. The van der Waals surface area contributed by atoms with Gasteiger partial charge in [-0.1, -0.05) is 34.1 Å². The van der Waals surface area contributed by atoms with Gasteiger partial charge in [-0.2, -0.15) is 5.10 Å². The lowest BCUT2D eigenvalue weighted by atomic mass is 9.94. The van der Waals surface area contributed by atoms with E-state index in [2.05, 4.69) is 63.6 Å². The van der Waals surface area contributed by atoms with E-state index in [0.717, 1.165) is 24.7 Å². The summed E-state index contributed by atoms with van der Waals surface area (Å²) in [5.41, 5.74) is 3.77. The smallest absolute Gasteiger partial charge is 0.0596 e. The van der Waals surface area contributed by atoms with Gasteiger partial charge in [-0.15, -0.1) is 0 Å². The Bertz CT molecular complexity index is 616. The molecule has 1 saturated carbocycles. The topological polar surface area (TPSA) is 29.9 Å². The Morgan fingerprint density at radius 2 is 2.14 bits per heavy atom.